The summed E-state index contributed by atoms with van der Waals surface area (Å²) in [5, 5.41) is 0. The maximum Gasteiger partial charge on any atom is 0.123 e. The second kappa shape index (κ2) is 4.54. The fourth-order valence-corrected chi connectivity index (χ4v) is 2.76. The highest BCUT2D eigenvalue weighted by Gasteiger charge is 2.24. The molecule has 0 N–H and O–H groups in total. The van der Waals surface area contributed by atoms with Crippen molar-refractivity contribution >= 4 is 0 Å². The van der Waals surface area contributed by atoms with Crippen LogP contribution >= 0.6 is 0 Å². The average molecular weight is 241 g/mol. The van der Waals surface area contributed by atoms with Crippen molar-refractivity contribution in [2.45, 2.75) is 12.5 Å². The Bertz CT molecular complexity index is 547. The highest BCUT2D eigenvalue weighted by atomic mass is 19.1. The van der Waals surface area contributed by atoms with Gasteiger partial charge in [-0.05, 0) is 35.9 Å². The summed E-state index contributed by atoms with van der Waals surface area (Å²) in [4.78, 5) is 2.32. The number of nitrogens with zero attached hydrogens (tertiary/aromatic N) is 1. The molecule has 1 nitrogen and oxygen atoms in total. The summed E-state index contributed by atoms with van der Waals surface area (Å²) in [5.74, 6) is 0.178. The van der Waals surface area contributed by atoms with Gasteiger partial charge in [-0.1, -0.05) is 36.4 Å². The lowest BCUT2D eigenvalue weighted by Crippen LogP contribution is -2.30. The number of likely N-dealkylation sites (N-methyl/N-ethyl adjacent to an activating group) is 1. The number of fused-ring (bicyclic) bond motifs is 1. The molecule has 0 fully saturated rings. The van der Waals surface area contributed by atoms with Crippen molar-refractivity contribution in [1.29, 1.82) is 0 Å². The Balaban J connectivity index is 2.04. The molecule has 1 atom stereocenters. The highest BCUT2D eigenvalue weighted by molar-refractivity contribution is 5.40. The second-order valence-electron chi connectivity index (χ2n) is 5.00. The van der Waals surface area contributed by atoms with Crippen LogP contribution in [0.1, 0.15) is 22.6 Å². The Kier molecular flexibility index (Phi) is 2.88. The molecule has 0 saturated carbocycles. The minimum atomic E-state index is -0.170. The first-order chi connectivity index (χ1) is 8.74. The molecule has 0 aliphatic carbocycles. The highest BCUT2D eigenvalue weighted by Crippen LogP contribution is 2.32. The molecule has 2 aromatic rings. The Morgan fingerprint density at radius 1 is 1.06 bits per heavy atom. The van der Waals surface area contributed by atoms with Crippen molar-refractivity contribution in [2.75, 3.05) is 13.6 Å². The van der Waals surface area contributed by atoms with Gasteiger partial charge in [0.25, 0.3) is 0 Å². The van der Waals surface area contributed by atoms with E-state index in [9.17, 15) is 4.39 Å². The molecule has 3 rings (SSSR count). The van der Waals surface area contributed by atoms with E-state index in [2.05, 4.69) is 36.2 Å². The van der Waals surface area contributed by atoms with E-state index in [0.717, 1.165) is 13.1 Å². The fourth-order valence-electron chi connectivity index (χ4n) is 2.76. The molecule has 0 aromatic heterocycles. The van der Waals surface area contributed by atoms with Crippen LogP contribution in [0.15, 0.2) is 48.5 Å². The molecule has 1 unspecified atom stereocenters. The van der Waals surface area contributed by atoms with Crippen LogP contribution in [-0.2, 0) is 6.54 Å². The van der Waals surface area contributed by atoms with Gasteiger partial charge in [-0.15, -0.1) is 0 Å². The summed E-state index contributed by atoms with van der Waals surface area (Å²) in [6.45, 7) is 1.98. The van der Waals surface area contributed by atoms with E-state index >= 15 is 0 Å². The molecule has 2 heteroatoms. The lowest BCUT2D eigenvalue weighted by atomic mass is 9.85. The molecule has 18 heavy (non-hydrogen) atoms. The van der Waals surface area contributed by atoms with Crippen LogP contribution < -0.4 is 0 Å². The Hall–Kier alpha value is -1.67. The summed E-state index contributed by atoms with van der Waals surface area (Å²) in [5.41, 5.74) is 3.94. The van der Waals surface area contributed by atoms with Crippen molar-refractivity contribution < 1.29 is 4.39 Å². The van der Waals surface area contributed by atoms with Crippen molar-refractivity contribution in [2.24, 2.45) is 0 Å². The van der Waals surface area contributed by atoms with Crippen LogP contribution in [0.4, 0.5) is 4.39 Å². The summed E-state index contributed by atoms with van der Waals surface area (Å²) in [7, 11) is 2.13. The van der Waals surface area contributed by atoms with Gasteiger partial charge in [0.15, 0.2) is 0 Å². The smallest absolute Gasteiger partial charge is 0.123 e. The third-order valence-corrected chi connectivity index (χ3v) is 3.64. The third-order valence-electron chi connectivity index (χ3n) is 3.64. The molecule has 2 aromatic carbocycles. The first-order valence-electron chi connectivity index (χ1n) is 6.26. The van der Waals surface area contributed by atoms with E-state index in [1.54, 1.807) is 12.1 Å². The zero-order valence-electron chi connectivity index (χ0n) is 10.4. The summed E-state index contributed by atoms with van der Waals surface area (Å²) < 4.78 is 13.0. The fraction of sp³-hybridized carbons (Fsp3) is 0.250. The monoisotopic (exact) mass is 241 g/mol. The predicted octanol–water partition coefficient (Wildman–Crippen LogP) is 3.40. The van der Waals surface area contributed by atoms with Crippen molar-refractivity contribution in [3.63, 3.8) is 0 Å². The maximum absolute atomic E-state index is 13.0. The Labute approximate surface area is 107 Å². The lowest BCUT2D eigenvalue weighted by Gasteiger charge is -2.32. The number of hydrogen-bond donors (Lipinski definition) is 0. The normalized spacial score (nSPS) is 19.6. The van der Waals surface area contributed by atoms with Gasteiger partial charge >= 0.3 is 0 Å². The van der Waals surface area contributed by atoms with Crippen molar-refractivity contribution in [3.05, 3.63) is 71.0 Å². The molecule has 1 aliphatic heterocycles. The molecular weight excluding hydrogens is 225 g/mol. The van der Waals surface area contributed by atoms with E-state index in [0.29, 0.717) is 5.92 Å². The summed E-state index contributed by atoms with van der Waals surface area (Å²) in [6.07, 6.45) is 0. The number of rotatable bonds is 1. The van der Waals surface area contributed by atoms with Gasteiger partial charge in [0, 0.05) is 19.0 Å². The van der Waals surface area contributed by atoms with Crippen LogP contribution in [0.5, 0.6) is 0 Å². The van der Waals surface area contributed by atoms with Gasteiger partial charge < -0.3 is 4.90 Å². The minimum Gasteiger partial charge on any atom is -0.301 e. The average Bonchev–Trinajstić information content (AvgIpc) is 2.38. The van der Waals surface area contributed by atoms with E-state index in [1.165, 1.54) is 16.7 Å². The first kappa shape index (κ1) is 11.4. The number of hydrogen-bond acceptors (Lipinski definition) is 1. The van der Waals surface area contributed by atoms with Gasteiger partial charge in [0.05, 0.1) is 0 Å². The number of halogens is 1. The van der Waals surface area contributed by atoms with Crippen LogP contribution in [0.2, 0.25) is 0 Å². The molecule has 0 bridgehead atoms. The molecular formula is C16H16FN. The predicted molar refractivity (Wildman–Crippen MR) is 71.0 cm³/mol. The summed E-state index contributed by atoms with van der Waals surface area (Å²) >= 11 is 0. The molecule has 0 radical (unpaired) electrons. The molecule has 0 spiro atoms. The van der Waals surface area contributed by atoms with E-state index in [-0.39, 0.29) is 5.82 Å². The zero-order valence-corrected chi connectivity index (χ0v) is 10.4. The number of benzene rings is 2. The molecule has 1 heterocycles. The van der Waals surface area contributed by atoms with E-state index < -0.39 is 0 Å². The molecule has 0 amide bonds. The van der Waals surface area contributed by atoms with Gasteiger partial charge in [-0.25, -0.2) is 4.39 Å². The van der Waals surface area contributed by atoms with Crippen molar-refractivity contribution in [1.82, 2.24) is 4.90 Å². The summed E-state index contributed by atoms with van der Waals surface area (Å²) in [6, 6.07) is 15.4. The second-order valence-corrected chi connectivity index (χ2v) is 5.00. The third kappa shape index (κ3) is 2.04. The van der Waals surface area contributed by atoms with Gasteiger partial charge in [0.1, 0.15) is 5.82 Å². The SMILES string of the molecule is CN1Cc2ccccc2C(c2ccc(F)cc2)C1. The van der Waals surface area contributed by atoms with Gasteiger partial charge in [0.2, 0.25) is 0 Å². The van der Waals surface area contributed by atoms with E-state index in [1.807, 2.05) is 12.1 Å². The van der Waals surface area contributed by atoms with Crippen LogP contribution in [0.25, 0.3) is 0 Å². The van der Waals surface area contributed by atoms with Crippen LogP contribution in [0, 0.1) is 5.82 Å². The lowest BCUT2D eigenvalue weighted by molar-refractivity contribution is 0.295. The minimum absolute atomic E-state index is 0.170. The first-order valence-corrected chi connectivity index (χ1v) is 6.26. The van der Waals surface area contributed by atoms with Gasteiger partial charge in [-0.2, -0.15) is 0 Å². The van der Waals surface area contributed by atoms with Crippen LogP contribution in [-0.4, -0.2) is 18.5 Å². The standard InChI is InChI=1S/C16H16FN/c1-18-10-13-4-2-3-5-15(13)16(11-18)12-6-8-14(17)9-7-12/h2-9,16H,10-11H2,1H3. The van der Waals surface area contributed by atoms with Crippen LogP contribution in [0.3, 0.4) is 0 Å². The maximum atomic E-state index is 13.0. The van der Waals surface area contributed by atoms with Crippen molar-refractivity contribution in [3.8, 4) is 0 Å². The molecule has 1 aliphatic rings. The Morgan fingerprint density at radius 3 is 2.56 bits per heavy atom. The van der Waals surface area contributed by atoms with E-state index in [4.69, 9.17) is 0 Å². The Morgan fingerprint density at radius 2 is 1.78 bits per heavy atom. The quantitative estimate of drug-likeness (QED) is 0.739. The zero-order chi connectivity index (χ0) is 12.5. The largest absolute Gasteiger partial charge is 0.301 e. The molecule has 92 valence electrons. The van der Waals surface area contributed by atoms with Gasteiger partial charge in [-0.3, -0.25) is 0 Å². The topological polar surface area (TPSA) is 3.24 Å². The molecule has 0 saturated heterocycles.